The molecule has 0 spiro atoms. The summed E-state index contributed by atoms with van der Waals surface area (Å²) in [6.45, 7) is 3.68. The zero-order valence-corrected chi connectivity index (χ0v) is 14.4. The van der Waals surface area contributed by atoms with Crippen molar-refractivity contribution in [2.24, 2.45) is 5.10 Å². The topological polar surface area (TPSA) is 50.7 Å². The first-order valence-electron chi connectivity index (χ1n) is 7.49. The number of nitrogens with zero attached hydrogens (tertiary/aromatic N) is 1. The van der Waals surface area contributed by atoms with Crippen molar-refractivity contribution in [3.63, 3.8) is 0 Å². The summed E-state index contributed by atoms with van der Waals surface area (Å²) < 4.78 is 5.40. The van der Waals surface area contributed by atoms with Gasteiger partial charge in [0.15, 0.2) is 6.61 Å². The van der Waals surface area contributed by atoms with Crippen molar-refractivity contribution in [2.45, 2.75) is 13.8 Å². The molecule has 0 saturated heterocycles. The highest BCUT2D eigenvalue weighted by atomic mass is 35.5. The molecule has 2 aromatic carbocycles. The van der Waals surface area contributed by atoms with Crippen LogP contribution in [0.4, 0.5) is 0 Å². The molecule has 0 aliphatic carbocycles. The monoisotopic (exact) mass is 342 g/mol. The molecule has 2 rings (SSSR count). The molecule has 124 valence electrons. The van der Waals surface area contributed by atoms with E-state index in [1.54, 1.807) is 24.4 Å². The Hall–Kier alpha value is -2.59. The molecule has 0 aliphatic heterocycles. The van der Waals surface area contributed by atoms with Gasteiger partial charge in [-0.25, -0.2) is 5.43 Å². The smallest absolute Gasteiger partial charge is 0.277 e. The molecule has 0 heterocycles. The zero-order chi connectivity index (χ0) is 17.4. The van der Waals surface area contributed by atoms with Gasteiger partial charge >= 0.3 is 0 Å². The lowest BCUT2D eigenvalue weighted by Gasteiger charge is -2.06. The number of nitrogens with one attached hydrogen (secondary N) is 1. The van der Waals surface area contributed by atoms with Crippen LogP contribution in [0, 0.1) is 6.92 Å². The SMILES string of the molecule is CC(C=NNC(=O)COc1ccc(Cl)c(C)c1)=Cc1ccccc1. The fraction of sp³-hybridized carbons (Fsp3) is 0.158. The highest BCUT2D eigenvalue weighted by molar-refractivity contribution is 6.31. The third kappa shape index (κ3) is 5.89. The molecule has 1 amide bonds. The van der Waals surface area contributed by atoms with Gasteiger partial charge in [0.05, 0.1) is 6.21 Å². The van der Waals surface area contributed by atoms with Gasteiger partial charge in [-0.1, -0.05) is 48.0 Å². The predicted octanol–water partition coefficient (Wildman–Crippen LogP) is 4.23. The lowest BCUT2D eigenvalue weighted by atomic mass is 10.1. The Balaban J connectivity index is 1.80. The van der Waals surface area contributed by atoms with Crippen molar-refractivity contribution in [3.05, 3.63) is 70.3 Å². The van der Waals surface area contributed by atoms with Crippen molar-refractivity contribution >= 4 is 29.8 Å². The summed E-state index contributed by atoms with van der Waals surface area (Å²) in [6, 6.07) is 15.1. The third-order valence-corrected chi connectivity index (χ3v) is 3.57. The van der Waals surface area contributed by atoms with Gasteiger partial charge in [0.1, 0.15) is 5.75 Å². The molecule has 0 aliphatic rings. The van der Waals surface area contributed by atoms with Crippen LogP contribution in [0.5, 0.6) is 5.75 Å². The van der Waals surface area contributed by atoms with Gasteiger partial charge < -0.3 is 4.74 Å². The second-order valence-electron chi connectivity index (χ2n) is 5.29. The summed E-state index contributed by atoms with van der Waals surface area (Å²) in [5.74, 6) is 0.266. The van der Waals surface area contributed by atoms with Crippen LogP contribution >= 0.6 is 11.6 Å². The Morgan fingerprint density at radius 2 is 2.00 bits per heavy atom. The van der Waals surface area contributed by atoms with Crippen LogP contribution in [0.15, 0.2) is 59.2 Å². The van der Waals surface area contributed by atoms with Gasteiger partial charge in [-0.3, -0.25) is 4.79 Å². The molecule has 0 atom stereocenters. The van der Waals surface area contributed by atoms with E-state index in [0.29, 0.717) is 10.8 Å². The van der Waals surface area contributed by atoms with Crippen LogP contribution in [-0.2, 0) is 4.79 Å². The average molecular weight is 343 g/mol. The summed E-state index contributed by atoms with van der Waals surface area (Å²) in [5.41, 5.74) is 5.34. The van der Waals surface area contributed by atoms with Crippen LogP contribution in [0.2, 0.25) is 5.02 Å². The van der Waals surface area contributed by atoms with Crippen molar-refractivity contribution in [1.29, 1.82) is 0 Å². The molecular formula is C19H19ClN2O2. The van der Waals surface area contributed by atoms with E-state index in [-0.39, 0.29) is 12.5 Å². The summed E-state index contributed by atoms with van der Waals surface area (Å²) in [6.07, 6.45) is 3.57. The number of amides is 1. The minimum Gasteiger partial charge on any atom is -0.484 e. The molecule has 0 unspecified atom stereocenters. The van der Waals surface area contributed by atoms with Crippen molar-refractivity contribution < 1.29 is 9.53 Å². The summed E-state index contributed by atoms with van der Waals surface area (Å²) in [4.78, 5) is 11.7. The quantitative estimate of drug-likeness (QED) is 0.630. The largest absolute Gasteiger partial charge is 0.484 e. The van der Waals surface area contributed by atoms with E-state index in [0.717, 1.165) is 16.7 Å². The molecule has 0 bridgehead atoms. The molecule has 2 aromatic rings. The van der Waals surface area contributed by atoms with Crippen LogP contribution in [0.25, 0.3) is 6.08 Å². The highest BCUT2D eigenvalue weighted by Gasteiger charge is 2.03. The number of hydrogen-bond acceptors (Lipinski definition) is 3. The third-order valence-electron chi connectivity index (χ3n) is 3.15. The van der Waals surface area contributed by atoms with Crippen LogP contribution in [0.1, 0.15) is 18.1 Å². The van der Waals surface area contributed by atoms with E-state index in [1.807, 2.05) is 50.3 Å². The van der Waals surface area contributed by atoms with E-state index in [1.165, 1.54) is 0 Å². The molecular weight excluding hydrogens is 324 g/mol. The number of allylic oxidation sites excluding steroid dienone is 1. The Kier molecular flexibility index (Phi) is 6.58. The van der Waals surface area contributed by atoms with Gasteiger partial charge in [-0.2, -0.15) is 5.10 Å². The fourth-order valence-corrected chi connectivity index (χ4v) is 2.06. The molecule has 0 aromatic heterocycles. The predicted molar refractivity (Wildman–Crippen MR) is 98.4 cm³/mol. The maximum absolute atomic E-state index is 11.7. The number of benzene rings is 2. The average Bonchev–Trinajstić information content (AvgIpc) is 2.57. The van der Waals surface area contributed by atoms with E-state index in [4.69, 9.17) is 16.3 Å². The Morgan fingerprint density at radius 1 is 1.25 bits per heavy atom. The number of rotatable bonds is 6. The molecule has 24 heavy (non-hydrogen) atoms. The first-order valence-corrected chi connectivity index (χ1v) is 7.86. The molecule has 1 N–H and O–H groups in total. The van der Waals surface area contributed by atoms with Gasteiger partial charge in [-0.15, -0.1) is 0 Å². The maximum Gasteiger partial charge on any atom is 0.277 e. The molecule has 4 nitrogen and oxygen atoms in total. The van der Waals surface area contributed by atoms with Crippen molar-refractivity contribution in [3.8, 4) is 5.75 Å². The lowest BCUT2D eigenvalue weighted by molar-refractivity contribution is -0.123. The van der Waals surface area contributed by atoms with E-state index >= 15 is 0 Å². The van der Waals surface area contributed by atoms with E-state index in [9.17, 15) is 4.79 Å². The van der Waals surface area contributed by atoms with Gasteiger partial charge in [0.2, 0.25) is 0 Å². The normalized spacial score (nSPS) is 11.5. The fourth-order valence-electron chi connectivity index (χ4n) is 1.94. The number of carbonyl (C=O) groups excluding carboxylic acids is 1. The number of ether oxygens (including phenoxy) is 1. The second kappa shape index (κ2) is 8.89. The summed E-state index contributed by atoms with van der Waals surface area (Å²) in [7, 11) is 0. The summed E-state index contributed by atoms with van der Waals surface area (Å²) in [5, 5.41) is 4.58. The lowest BCUT2D eigenvalue weighted by Crippen LogP contribution is -2.24. The standard InChI is InChI=1S/C19H19ClN2O2/c1-14(10-16-6-4-3-5-7-16)12-21-22-19(23)13-24-17-8-9-18(20)15(2)11-17/h3-12H,13H2,1-2H3,(H,22,23). The zero-order valence-electron chi connectivity index (χ0n) is 13.6. The highest BCUT2D eigenvalue weighted by Crippen LogP contribution is 2.20. The number of aryl methyl sites for hydroxylation is 1. The number of carbonyl (C=O) groups is 1. The molecule has 5 heteroatoms. The molecule has 0 fully saturated rings. The maximum atomic E-state index is 11.7. The van der Waals surface area contributed by atoms with Crippen molar-refractivity contribution in [1.82, 2.24) is 5.43 Å². The van der Waals surface area contributed by atoms with Gasteiger partial charge in [0, 0.05) is 5.02 Å². The van der Waals surface area contributed by atoms with Gasteiger partial charge in [-0.05, 0) is 48.7 Å². The van der Waals surface area contributed by atoms with E-state index in [2.05, 4.69) is 10.5 Å². The van der Waals surface area contributed by atoms with Crippen LogP contribution in [0.3, 0.4) is 0 Å². The van der Waals surface area contributed by atoms with Crippen molar-refractivity contribution in [2.75, 3.05) is 6.61 Å². The molecule has 0 saturated carbocycles. The molecule has 0 radical (unpaired) electrons. The second-order valence-corrected chi connectivity index (χ2v) is 5.70. The number of hydrazone groups is 1. The minimum absolute atomic E-state index is 0.111. The Morgan fingerprint density at radius 3 is 2.71 bits per heavy atom. The Labute approximate surface area is 146 Å². The first kappa shape index (κ1) is 17.8. The van der Waals surface area contributed by atoms with Gasteiger partial charge in [0.25, 0.3) is 5.91 Å². The summed E-state index contributed by atoms with van der Waals surface area (Å²) >= 11 is 5.94. The minimum atomic E-state index is -0.327. The number of hydrogen-bond donors (Lipinski definition) is 1. The van der Waals surface area contributed by atoms with Crippen LogP contribution in [-0.4, -0.2) is 18.7 Å². The first-order chi connectivity index (χ1) is 11.5. The van der Waals surface area contributed by atoms with E-state index < -0.39 is 0 Å². The Bertz CT molecular complexity index is 755. The number of halogens is 1. The van der Waals surface area contributed by atoms with Crippen LogP contribution < -0.4 is 10.2 Å².